The van der Waals surface area contributed by atoms with E-state index in [4.69, 9.17) is 10.8 Å². The van der Waals surface area contributed by atoms with Crippen molar-refractivity contribution in [3.05, 3.63) is 0 Å². The summed E-state index contributed by atoms with van der Waals surface area (Å²) < 4.78 is 4.38. The summed E-state index contributed by atoms with van der Waals surface area (Å²) in [4.78, 5) is 0. The Hall–Kier alpha value is -0.120. The molecule has 0 aromatic heterocycles. The zero-order chi connectivity index (χ0) is 4.99. The van der Waals surface area contributed by atoms with Gasteiger partial charge in [-0.1, -0.05) is 0 Å². The molecule has 0 amide bonds. The highest BCUT2D eigenvalue weighted by Crippen LogP contribution is 1.72. The molecule has 0 spiro atoms. The Morgan fingerprint density at radius 3 is 2.50 bits per heavy atom. The molecule has 38 valence electrons. The van der Waals surface area contributed by atoms with Crippen molar-refractivity contribution < 1.29 is 9.84 Å². The van der Waals surface area contributed by atoms with Gasteiger partial charge < -0.3 is 15.6 Å². The van der Waals surface area contributed by atoms with Crippen LogP contribution in [0.15, 0.2) is 0 Å². The van der Waals surface area contributed by atoms with E-state index < -0.39 is 0 Å². The molecule has 0 radical (unpaired) electrons. The van der Waals surface area contributed by atoms with Crippen LogP contribution in [-0.2, 0) is 4.74 Å². The molecule has 0 unspecified atom stereocenters. The van der Waals surface area contributed by atoms with Gasteiger partial charge in [0.05, 0.1) is 0 Å². The fourth-order valence-corrected chi connectivity index (χ4v) is 0.118. The van der Waals surface area contributed by atoms with Crippen LogP contribution in [0.2, 0.25) is 0 Å². The Kier molecular flexibility index (Phi) is 3.02. The molecule has 0 aliphatic heterocycles. The van der Waals surface area contributed by atoms with Gasteiger partial charge in [-0.05, 0) is 6.92 Å². The number of aliphatic hydroxyl groups excluding tert-OH is 1. The molecule has 0 saturated heterocycles. The van der Waals surface area contributed by atoms with Crippen molar-refractivity contribution >= 4 is 0 Å². The predicted molar refractivity (Wildman–Crippen MR) is 21.8 cm³/mol. The van der Waals surface area contributed by atoms with Gasteiger partial charge in [0.2, 0.25) is 0 Å². The highest BCUT2D eigenvalue weighted by atomic mass is 16.6. The van der Waals surface area contributed by atoms with Crippen molar-refractivity contribution in [1.82, 2.24) is 0 Å². The monoisotopic (exact) mass is 91.1 g/mol. The first-order valence-electron chi connectivity index (χ1n) is 1.75. The van der Waals surface area contributed by atoms with Gasteiger partial charge in [-0.15, -0.1) is 0 Å². The van der Waals surface area contributed by atoms with Gasteiger partial charge in [0.25, 0.3) is 0 Å². The SMILES string of the molecule is C[C@@H](N)OCO. The van der Waals surface area contributed by atoms with Crippen LogP contribution in [0.1, 0.15) is 6.92 Å². The Bertz CT molecular complexity index is 30.0. The molecule has 0 aliphatic carbocycles. The lowest BCUT2D eigenvalue weighted by Crippen LogP contribution is -2.19. The van der Waals surface area contributed by atoms with Crippen molar-refractivity contribution in [2.75, 3.05) is 6.79 Å². The zero-order valence-electron chi connectivity index (χ0n) is 3.72. The Labute approximate surface area is 36.7 Å². The lowest BCUT2D eigenvalue weighted by atomic mass is 10.7. The lowest BCUT2D eigenvalue weighted by Gasteiger charge is -1.99. The molecule has 0 aromatic carbocycles. The van der Waals surface area contributed by atoms with Gasteiger partial charge in [0.1, 0.15) is 13.0 Å². The van der Waals surface area contributed by atoms with Crippen LogP contribution in [0.5, 0.6) is 0 Å². The fourth-order valence-electron chi connectivity index (χ4n) is 0.118. The maximum Gasteiger partial charge on any atom is 0.145 e. The summed E-state index contributed by atoms with van der Waals surface area (Å²) in [5.74, 6) is 0. The minimum absolute atomic E-state index is 0.294. The number of nitrogens with two attached hydrogens (primary N) is 1. The molecule has 6 heavy (non-hydrogen) atoms. The van der Waals surface area contributed by atoms with Crippen molar-refractivity contribution in [1.29, 1.82) is 0 Å². The van der Waals surface area contributed by atoms with E-state index in [0.717, 1.165) is 0 Å². The van der Waals surface area contributed by atoms with Gasteiger partial charge in [-0.25, -0.2) is 0 Å². The molecular formula is C3H9NO2. The van der Waals surface area contributed by atoms with Crippen molar-refractivity contribution in [2.24, 2.45) is 5.73 Å². The highest BCUT2D eigenvalue weighted by Gasteiger charge is 1.84. The molecular weight excluding hydrogens is 82.0 g/mol. The van der Waals surface area contributed by atoms with E-state index in [-0.39, 0.29) is 13.0 Å². The molecule has 3 heteroatoms. The molecule has 0 rings (SSSR count). The van der Waals surface area contributed by atoms with Crippen molar-refractivity contribution in [3.63, 3.8) is 0 Å². The zero-order valence-corrected chi connectivity index (χ0v) is 3.72. The number of hydrogen-bond donors (Lipinski definition) is 2. The Morgan fingerprint density at radius 1 is 2.00 bits per heavy atom. The Morgan fingerprint density at radius 2 is 2.50 bits per heavy atom. The van der Waals surface area contributed by atoms with Crippen LogP contribution in [-0.4, -0.2) is 18.1 Å². The van der Waals surface area contributed by atoms with Crippen LogP contribution in [0.3, 0.4) is 0 Å². The van der Waals surface area contributed by atoms with E-state index >= 15 is 0 Å². The van der Waals surface area contributed by atoms with Crippen LogP contribution < -0.4 is 5.73 Å². The second-order valence-electron chi connectivity index (χ2n) is 1.00. The summed E-state index contributed by atoms with van der Waals surface area (Å²) in [5.41, 5.74) is 5.02. The second-order valence-corrected chi connectivity index (χ2v) is 1.00. The maximum absolute atomic E-state index is 7.93. The quantitative estimate of drug-likeness (QED) is 0.440. The fraction of sp³-hybridized carbons (Fsp3) is 1.00. The molecule has 0 fully saturated rings. The summed E-state index contributed by atoms with van der Waals surface area (Å²) in [7, 11) is 0. The molecule has 0 heterocycles. The second kappa shape index (κ2) is 3.08. The number of rotatable bonds is 2. The summed E-state index contributed by atoms with van der Waals surface area (Å²) in [5, 5.41) is 7.93. The van der Waals surface area contributed by atoms with E-state index in [2.05, 4.69) is 4.74 Å². The number of aliphatic hydroxyl groups is 1. The van der Waals surface area contributed by atoms with E-state index in [1.807, 2.05) is 0 Å². The van der Waals surface area contributed by atoms with Crippen LogP contribution in [0.4, 0.5) is 0 Å². The summed E-state index contributed by atoms with van der Waals surface area (Å²) in [6, 6.07) is 0. The largest absolute Gasteiger partial charge is 0.371 e. The molecule has 3 N–H and O–H groups in total. The Balaban J connectivity index is 2.63. The van der Waals surface area contributed by atoms with Crippen molar-refractivity contribution in [2.45, 2.75) is 13.2 Å². The number of ether oxygens (including phenoxy) is 1. The van der Waals surface area contributed by atoms with E-state index in [1.165, 1.54) is 0 Å². The maximum atomic E-state index is 7.93. The molecule has 0 aromatic rings. The van der Waals surface area contributed by atoms with E-state index in [9.17, 15) is 0 Å². The van der Waals surface area contributed by atoms with Crippen LogP contribution in [0, 0.1) is 0 Å². The van der Waals surface area contributed by atoms with Crippen molar-refractivity contribution in [3.8, 4) is 0 Å². The first kappa shape index (κ1) is 5.88. The molecule has 3 nitrogen and oxygen atoms in total. The molecule has 0 bridgehead atoms. The summed E-state index contributed by atoms with van der Waals surface area (Å²) >= 11 is 0. The lowest BCUT2D eigenvalue weighted by molar-refractivity contribution is -0.0394. The third-order valence-electron chi connectivity index (χ3n) is 0.337. The van der Waals surface area contributed by atoms with E-state index in [1.54, 1.807) is 6.92 Å². The summed E-state index contributed by atoms with van der Waals surface area (Å²) in [6.45, 7) is 1.36. The van der Waals surface area contributed by atoms with Gasteiger partial charge in [0, 0.05) is 0 Å². The minimum Gasteiger partial charge on any atom is -0.371 e. The van der Waals surface area contributed by atoms with Gasteiger partial charge >= 0.3 is 0 Å². The topological polar surface area (TPSA) is 55.5 Å². The average Bonchev–Trinajstić information content (AvgIpc) is 1.35. The predicted octanol–water partition coefficient (Wildman–Crippen LogP) is -0.743. The third-order valence-corrected chi connectivity index (χ3v) is 0.337. The standard InChI is InChI=1S/C3H9NO2/c1-3(4)6-2-5/h3,5H,2,4H2,1H3/t3-/m0/s1. The van der Waals surface area contributed by atoms with Gasteiger partial charge in [-0.3, -0.25) is 0 Å². The first-order valence-corrected chi connectivity index (χ1v) is 1.75. The average molecular weight is 91.1 g/mol. The summed E-state index contributed by atoms with van der Waals surface area (Å²) in [6.07, 6.45) is -0.352. The third kappa shape index (κ3) is 3.88. The van der Waals surface area contributed by atoms with Crippen LogP contribution in [0.25, 0.3) is 0 Å². The highest BCUT2D eigenvalue weighted by molar-refractivity contribution is 4.24. The van der Waals surface area contributed by atoms with Crippen LogP contribution >= 0.6 is 0 Å². The van der Waals surface area contributed by atoms with Gasteiger partial charge in [-0.2, -0.15) is 0 Å². The molecule has 0 saturated carbocycles. The minimum atomic E-state index is -0.352. The normalized spacial score (nSPS) is 14.5. The number of hydrogen-bond acceptors (Lipinski definition) is 3. The van der Waals surface area contributed by atoms with E-state index in [0.29, 0.717) is 0 Å². The molecule has 1 atom stereocenters. The van der Waals surface area contributed by atoms with Gasteiger partial charge in [0.15, 0.2) is 0 Å². The smallest absolute Gasteiger partial charge is 0.145 e. The first-order chi connectivity index (χ1) is 2.77. The molecule has 0 aliphatic rings.